The second-order valence-electron chi connectivity index (χ2n) is 8.58. The van der Waals surface area contributed by atoms with Crippen molar-refractivity contribution in [3.05, 3.63) is 80.5 Å². The number of phenolic OH excluding ortho intramolecular Hbond substituents is 1. The highest BCUT2D eigenvalue weighted by Crippen LogP contribution is 2.38. The summed E-state index contributed by atoms with van der Waals surface area (Å²) in [5, 5.41) is 10.4. The molecule has 2 aromatic carbocycles. The molecule has 0 spiro atoms. The van der Waals surface area contributed by atoms with Gasteiger partial charge in [-0.2, -0.15) is 0 Å². The van der Waals surface area contributed by atoms with Gasteiger partial charge >= 0.3 is 5.97 Å². The maximum atomic E-state index is 14.0. The SMILES string of the molecule is CCCC1=C(C(=O)OCC)[C@@H](c2cc(Br)ccc2OC)n2c(s/c(=C/c3cc(I)c(O)c(OCC)c3)c2=O)=N1. The number of hydrogen-bond donors (Lipinski definition) is 1. The number of hydrogen-bond acceptors (Lipinski definition) is 8. The van der Waals surface area contributed by atoms with Crippen molar-refractivity contribution in [2.75, 3.05) is 20.3 Å². The normalized spacial score (nSPS) is 15.1. The highest BCUT2D eigenvalue weighted by Gasteiger charge is 2.36. The Hall–Kier alpha value is -2.64. The van der Waals surface area contributed by atoms with Crippen molar-refractivity contribution in [1.82, 2.24) is 4.57 Å². The molecule has 1 aromatic heterocycles. The van der Waals surface area contributed by atoms with Crippen LogP contribution in [0.5, 0.6) is 17.2 Å². The summed E-state index contributed by atoms with van der Waals surface area (Å²) in [7, 11) is 1.56. The molecule has 0 saturated carbocycles. The summed E-state index contributed by atoms with van der Waals surface area (Å²) in [5.74, 6) is 0.420. The van der Waals surface area contributed by atoms with Crippen molar-refractivity contribution in [3.8, 4) is 17.2 Å². The maximum absolute atomic E-state index is 14.0. The van der Waals surface area contributed by atoms with Crippen LogP contribution in [-0.4, -0.2) is 36.0 Å². The lowest BCUT2D eigenvalue weighted by atomic mass is 9.93. The van der Waals surface area contributed by atoms with Gasteiger partial charge in [-0.3, -0.25) is 9.36 Å². The lowest BCUT2D eigenvalue weighted by molar-refractivity contribution is -0.139. The van der Waals surface area contributed by atoms with Crippen LogP contribution < -0.4 is 24.4 Å². The molecule has 2 heterocycles. The number of fused-ring (bicyclic) bond motifs is 1. The van der Waals surface area contributed by atoms with Gasteiger partial charge in [0.1, 0.15) is 11.8 Å². The Morgan fingerprint density at radius 2 is 1.97 bits per heavy atom. The molecule has 11 heteroatoms. The van der Waals surface area contributed by atoms with Gasteiger partial charge in [-0.15, -0.1) is 0 Å². The van der Waals surface area contributed by atoms with Crippen molar-refractivity contribution in [2.24, 2.45) is 4.99 Å². The minimum absolute atomic E-state index is 0.0566. The zero-order valence-electron chi connectivity index (χ0n) is 21.9. The second-order valence-corrected chi connectivity index (χ2v) is 11.7. The van der Waals surface area contributed by atoms with E-state index in [2.05, 4.69) is 15.9 Å². The van der Waals surface area contributed by atoms with Crippen LogP contribution in [0, 0.1) is 3.57 Å². The fourth-order valence-corrected chi connectivity index (χ4v) is 6.45. The number of carbonyl (C=O) groups excluding carboxylic acids is 1. The van der Waals surface area contributed by atoms with Crippen molar-refractivity contribution < 1.29 is 24.1 Å². The first-order valence-electron chi connectivity index (χ1n) is 12.4. The van der Waals surface area contributed by atoms with Gasteiger partial charge in [0.05, 0.1) is 39.7 Å². The first kappa shape index (κ1) is 29.3. The Kier molecular flexibility index (Phi) is 9.55. The Morgan fingerprint density at radius 1 is 1.21 bits per heavy atom. The first-order chi connectivity index (χ1) is 18.7. The van der Waals surface area contributed by atoms with Crippen molar-refractivity contribution in [2.45, 2.75) is 39.7 Å². The van der Waals surface area contributed by atoms with E-state index in [1.165, 1.54) is 11.3 Å². The lowest BCUT2D eigenvalue weighted by Gasteiger charge is -2.27. The summed E-state index contributed by atoms with van der Waals surface area (Å²) in [5.41, 5.74) is 1.95. The average molecular weight is 727 g/mol. The Bertz CT molecular complexity index is 1630. The summed E-state index contributed by atoms with van der Waals surface area (Å²) in [4.78, 5) is 32.7. The highest BCUT2D eigenvalue weighted by molar-refractivity contribution is 14.1. The average Bonchev–Trinajstić information content (AvgIpc) is 3.20. The van der Waals surface area contributed by atoms with Gasteiger partial charge in [-0.25, -0.2) is 9.79 Å². The van der Waals surface area contributed by atoms with E-state index in [0.29, 0.717) is 59.8 Å². The smallest absolute Gasteiger partial charge is 0.338 e. The molecule has 0 bridgehead atoms. The van der Waals surface area contributed by atoms with E-state index >= 15 is 0 Å². The molecule has 206 valence electrons. The number of ether oxygens (including phenoxy) is 3. The summed E-state index contributed by atoms with van der Waals surface area (Å²) in [6.45, 7) is 6.17. The van der Waals surface area contributed by atoms with Crippen LogP contribution in [0.25, 0.3) is 6.08 Å². The van der Waals surface area contributed by atoms with E-state index < -0.39 is 12.0 Å². The predicted octanol–water partition coefficient (Wildman–Crippen LogP) is 5.06. The molecule has 1 aliphatic heterocycles. The number of halogens is 2. The lowest BCUT2D eigenvalue weighted by Crippen LogP contribution is -2.40. The first-order valence-corrected chi connectivity index (χ1v) is 15.1. The molecule has 0 aliphatic carbocycles. The van der Waals surface area contributed by atoms with Crippen LogP contribution in [0.2, 0.25) is 0 Å². The summed E-state index contributed by atoms with van der Waals surface area (Å²) >= 11 is 6.80. The van der Waals surface area contributed by atoms with Crippen LogP contribution in [-0.2, 0) is 9.53 Å². The zero-order chi connectivity index (χ0) is 28.3. The van der Waals surface area contributed by atoms with Gasteiger partial charge in [0.15, 0.2) is 16.3 Å². The van der Waals surface area contributed by atoms with Crippen molar-refractivity contribution >= 4 is 61.9 Å². The molecule has 3 aromatic rings. The number of rotatable bonds is 9. The number of aromatic nitrogens is 1. The maximum Gasteiger partial charge on any atom is 0.338 e. The van der Waals surface area contributed by atoms with Crippen molar-refractivity contribution in [1.29, 1.82) is 0 Å². The third-order valence-electron chi connectivity index (χ3n) is 6.03. The molecule has 0 radical (unpaired) electrons. The number of aromatic hydroxyl groups is 1. The second kappa shape index (κ2) is 12.7. The summed E-state index contributed by atoms with van der Waals surface area (Å²) in [6.07, 6.45) is 3.04. The molecular weight excluding hydrogens is 699 g/mol. The van der Waals surface area contributed by atoms with Gasteiger partial charge in [-0.05, 0) is 84.8 Å². The van der Waals surface area contributed by atoms with Crippen LogP contribution >= 0.6 is 49.9 Å². The summed E-state index contributed by atoms with van der Waals surface area (Å²) in [6, 6.07) is 8.17. The number of nitrogens with zero attached hydrogens (tertiary/aromatic N) is 2. The highest BCUT2D eigenvalue weighted by atomic mass is 127. The number of allylic oxidation sites excluding steroid dienone is 1. The van der Waals surface area contributed by atoms with Crippen molar-refractivity contribution in [3.63, 3.8) is 0 Å². The molecule has 39 heavy (non-hydrogen) atoms. The third kappa shape index (κ3) is 5.94. The van der Waals surface area contributed by atoms with Gasteiger partial charge in [0.2, 0.25) is 0 Å². The molecule has 0 fully saturated rings. The third-order valence-corrected chi connectivity index (χ3v) is 8.33. The van der Waals surface area contributed by atoms with Crippen LogP contribution in [0.1, 0.15) is 50.8 Å². The Labute approximate surface area is 251 Å². The quantitative estimate of drug-likeness (QED) is 0.245. The fraction of sp³-hybridized carbons (Fsp3) is 0.321. The van der Waals surface area contributed by atoms with E-state index in [0.717, 1.165) is 10.9 Å². The molecular formula is C28H28BrIN2O6S. The fourth-order valence-electron chi connectivity index (χ4n) is 4.43. The molecule has 0 amide bonds. The van der Waals surface area contributed by atoms with E-state index in [1.54, 1.807) is 42.9 Å². The Balaban J connectivity index is 2.03. The molecule has 1 N–H and O–H groups in total. The van der Waals surface area contributed by atoms with E-state index in [-0.39, 0.29) is 17.9 Å². The largest absolute Gasteiger partial charge is 0.504 e. The topological polar surface area (TPSA) is 99.4 Å². The summed E-state index contributed by atoms with van der Waals surface area (Å²) < 4.78 is 20.1. The molecule has 8 nitrogen and oxygen atoms in total. The predicted molar refractivity (Wildman–Crippen MR) is 162 cm³/mol. The molecule has 0 unspecified atom stereocenters. The van der Waals surface area contributed by atoms with Gasteiger partial charge in [0, 0.05) is 10.0 Å². The number of thiazole rings is 1. The number of carbonyl (C=O) groups is 1. The minimum atomic E-state index is -0.796. The minimum Gasteiger partial charge on any atom is -0.504 e. The standard InChI is InChI=1S/C28H28BrIN2O6S/c1-5-8-19-23(27(35)38-7-3)24(17-14-16(29)9-10-20(17)36-4)32-26(34)22(39-28(32)31-19)13-15-11-18(30)25(33)21(12-15)37-6-2/h9-14,24,33H,5-8H2,1-4H3/b22-13+/t24-/m1/s1. The van der Waals surface area contributed by atoms with Gasteiger partial charge in [-0.1, -0.05) is 40.6 Å². The molecule has 4 rings (SSSR count). The molecule has 1 aliphatic rings. The number of benzene rings is 2. The molecule has 0 saturated heterocycles. The molecule has 1 atom stereocenters. The monoisotopic (exact) mass is 726 g/mol. The number of methoxy groups -OCH3 is 1. The van der Waals surface area contributed by atoms with Crippen LogP contribution in [0.15, 0.2) is 55.9 Å². The number of esters is 1. The number of phenols is 1. The van der Waals surface area contributed by atoms with E-state index in [1.807, 2.05) is 48.6 Å². The van der Waals surface area contributed by atoms with Gasteiger partial charge < -0.3 is 19.3 Å². The van der Waals surface area contributed by atoms with E-state index in [9.17, 15) is 14.7 Å². The zero-order valence-corrected chi connectivity index (χ0v) is 26.5. The van der Waals surface area contributed by atoms with E-state index in [4.69, 9.17) is 19.2 Å². The van der Waals surface area contributed by atoms with Gasteiger partial charge in [0.25, 0.3) is 5.56 Å². The van der Waals surface area contributed by atoms with Crippen LogP contribution in [0.3, 0.4) is 0 Å². The van der Waals surface area contributed by atoms with Crippen LogP contribution in [0.4, 0.5) is 0 Å². The Morgan fingerprint density at radius 3 is 2.64 bits per heavy atom.